The number of anilines is 1. The maximum Gasteiger partial charge on any atom is 0.261 e. The molecule has 0 saturated heterocycles. The van der Waals surface area contributed by atoms with Crippen molar-refractivity contribution in [1.29, 1.82) is 0 Å². The standard InChI is InChI=1S/C23H19NO3S2/c1-16-11-13-18(14-12-16)29(26,27)24-21-15-22(28-17-7-3-2-4-8-17)23(25)20-10-6-5-9-19(20)21/h2-15,24-25H,1H3. The molecular formula is C23H19NO3S2. The van der Waals surface area contributed by atoms with Crippen molar-refractivity contribution in [3.8, 4) is 5.75 Å². The van der Waals surface area contributed by atoms with Gasteiger partial charge in [0, 0.05) is 15.7 Å². The first kappa shape index (κ1) is 19.4. The third-order valence-corrected chi connectivity index (χ3v) is 6.95. The van der Waals surface area contributed by atoms with Gasteiger partial charge in [-0.3, -0.25) is 4.72 Å². The maximum atomic E-state index is 12.9. The molecule has 0 unspecified atom stereocenters. The molecule has 0 aliphatic carbocycles. The Bertz CT molecular complexity index is 1270. The third-order valence-electron chi connectivity index (χ3n) is 4.53. The van der Waals surface area contributed by atoms with Crippen molar-refractivity contribution < 1.29 is 13.5 Å². The molecule has 0 atom stereocenters. The van der Waals surface area contributed by atoms with Crippen LogP contribution in [0.5, 0.6) is 5.75 Å². The number of fused-ring (bicyclic) bond motifs is 1. The molecule has 0 saturated carbocycles. The van der Waals surface area contributed by atoms with Gasteiger partial charge in [0.05, 0.1) is 15.5 Å². The number of benzene rings is 4. The Balaban J connectivity index is 1.81. The highest BCUT2D eigenvalue weighted by Gasteiger charge is 2.18. The van der Waals surface area contributed by atoms with E-state index in [2.05, 4.69) is 4.72 Å². The summed E-state index contributed by atoms with van der Waals surface area (Å²) in [5.74, 6) is 0.132. The van der Waals surface area contributed by atoms with Crippen LogP contribution in [0.4, 0.5) is 5.69 Å². The second kappa shape index (κ2) is 7.81. The Hall–Kier alpha value is -2.96. The van der Waals surface area contributed by atoms with Gasteiger partial charge in [-0.05, 0) is 37.3 Å². The quantitative estimate of drug-likeness (QED) is 0.399. The number of hydrogen-bond donors (Lipinski definition) is 2. The number of aryl methyl sites for hydroxylation is 1. The summed E-state index contributed by atoms with van der Waals surface area (Å²) in [6.07, 6.45) is 0. The lowest BCUT2D eigenvalue weighted by atomic mass is 10.1. The summed E-state index contributed by atoms with van der Waals surface area (Å²) >= 11 is 1.38. The molecule has 146 valence electrons. The Morgan fingerprint density at radius 3 is 2.14 bits per heavy atom. The van der Waals surface area contributed by atoms with Gasteiger partial charge in [0.25, 0.3) is 10.0 Å². The molecule has 4 nitrogen and oxygen atoms in total. The van der Waals surface area contributed by atoms with Gasteiger partial charge < -0.3 is 5.11 Å². The summed E-state index contributed by atoms with van der Waals surface area (Å²) < 4.78 is 28.6. The van der Waals surface area contributed by atoms with Gasteiger partial charge in [-0.25, -0.2) is 8.42 Å². The van der Waals surface area contributed by atoms with Gasteiger partial charge in [-0.1, -0.05) is 71.9 Å². The minimum absolute atomic E-state index is 0.132. The fourth-order valence-electron chi connectivity index (χ4n) is 3.03. The molecule has 0 fully saturated rings. The van der Waals surface area contributed by atoms with E-state index in [0.717, 1.165) is 10.5 Å². The number of aromatic hydroxyl groups is 1. The van der Waals surface area contributed by atoms with E-state index in [1.807, 2.05) is 49.4 Å². The fraction of sp³-hybridized carbons (Fsp3) is 0.0435. The molecule has 29 heavy (non-hydrogen) atoms. The van der Waals surface area contributed by atoms with Gasteiger partial charge in [0.1, 0.15) is 5.75 Å². The Morgan fingerprint density at radius 1 is 0.828 bits per heavy atom. The Morgan fingerprint density at radius 2 is 1.45 bits per heavy atom. The molecular weight excluding hydrogens is 402 g/mol. The summed E-state index contributed by atoms with van der Waals surface area (Å²) in [5, 5.41) is 12.0. The predicted molar refractivity (Wildman–Crippen MR) is 118 cm³/mol. The zero-order valence-electron chi connectivity index (χ0n) is 15.7. The molecule has 0 amide bonds. The average Bonchev–Trinajstić information content (AvgIpc) is 2.72. The lowest BCUT2D eigenvalue weighted by molar-refractivity contribution is 0.469. The molecule has 4 aromatic rings. The minimum atomic E-state index is -3.76. The van der Waals surface area contributed by atoms with E-state index in [-0.39, 0.29) is 10.6 Å². The van der Waals surface area contributed by atoms with E-state index in [1.165, 1.54) is 11.8 Å². The third kappa shape index (κ3) is 4.09. The van der Waals surface area contributed by atoms with Gasteiger partial charge in [0.15, 0.2) is 0 Å². The molecule has 0 bridgehead atoms. The normalized spacial score (nSPS) is 11.5. The summed E-state index contributed by atoms with van der Waals surface area (Å²) in [5.41, 5.74) is 1.41. The van der Waals surface area contributed by atoms with Crippen LogP contribution in [0.2, 0.25) is 0 Å². The van der Waals surface area contributed by atoms with E-state index in [0.29, 0.717) is 21.4 Å². The van der Waals surface area contributed by atoms with E-state index in [9.17, 15) is 13.5 Å². The molecule has 0 aromatic heterocycles. The smallest absolute Gasteiger partial charge is 0.261 e. The first-order valence-corrected chi connectivity index (χ1v) is 11.3. The Labute approximate surface area is 174 Å². The van der Waals surface area contributed by atoms with Gasteiger partial charge >= 0.3 is 0 Å². The number of nitrogens with one attached hydrogen (secondary N) is 1. The van der Waals surface area contributed by atoms with Crippen LogP contribution in [0, 0.1) is 6.92 Å². The zero-order chi connectivity index (χ0) is 20.4. The predicted octanol–water partition coefficient (Wildman–Crippen LogP) is 5.81. The van der Waals surface area contributed by atoms with Crippen LogP contribution in [0.3, 0.4) is 0 Å². The van der Waals surface area contributed by atoms with Crippen LogP contribution >= 0.6 is 11.8 Å². The number of phenolic OH excluding ortho intramolecular Hbond substituents is 1. The summed E-state index contributed by atoms with van der Waals surface area (Å²) in [7, 11) is -3.76. The molecule has 0 radical (unpaired) electrons. The zero-order valence-corrected chi connectivity index (χ0v) is 17.3. The maximum absolute atomic E-state index is 12.9. The molecule has 2 N–H and O–H groups in total. The molecule has 4 rings (SSSR count). The summed E-state index contributed by atoms with van der Waals surface area (Å²) in [6, 6.07) is 25.2. The molecule has 0 aliphatic rings. The highest BCUT2D eigenvalue weighted by atomic mass is 32.2. The fourth-order valence-corrected chi connectivity index (χ4v) is 5.03. The highest BCUT2D eigenvalue weighted by molar-refractivity contribution is 7.99. The SMILES string of the molecule is Cc1ccc(S(=O)(=O)Nc2cc(Sc3ccccc3)c(O)c3ccccc23)cc1. The minimum Gasteiger partial charge on any atom is -0.506 e. The van der Waals surface area contributed by atoms with Crippen molar-refractivity contribution in [2.45, 2.75) is 21.6 Å². The first-order chi connectivity index (χ1) is 13.9. The van der Waals surface area contributed by atoms with Crippen LogP contribution < -0.4 is 4.72 Å². The first-order valence-electron chi connectivity index (χ1n) is 9.01. The number of rotatable bonds is 5. The summed E-state index contributed by atoms with van der Waals surface area (Å²) in [4.78, 5) is 1.72. The Kier molecular flexibility index (Phi) is 5.22. The molecule has 0 heterocycles. The molecule has 4 aromatic carbocycles. The van der Waals surface area contributed by atoms with Crippen molar-refractivity contribution in [2.75, 3.05) is 4.72 Å². The van der Waals surface area contributed by atoms with Crippen molar-refractivity contribution in [3.05, 3.63) is 90.5 Å². The largest absolute Gasteiger partial charge is 0.506 e. The summed E-state index contributed by atoms with van der Waals surface area (Å²) in [6.45, 7) is 1.91. The lowest BCUT2D eigenvalue weighted by Gasteiger charge is -2.15. The molecule has 6 heteroatoms. The van der Waals surface area contributed by atoms with E-state index >= 15 is 0 Å². The van der Waals surface area contributed by atoms with Crippen LogP contribution in [-0.4, -0.2) is 13.5 Å². The highest BCUT2D eigenvalue weighted by Crippen LogP contribution is 2.42. The van der Waals surface area contributed by atoms with Crippen molar-refractivity contribution in [3.63, 3.8) is 0 Å². The number of phenols is 1. The number of hydrogen-bond acceptors (Lipinski definition) is 4. The van der Waals surface area contributed by atoms with Crippen molar-refractivity contribution in [1.82, 2.24) is 0 Å². The van der Waals surface area contributed by atoms with E-state index in [1.54, 1.807) is 42.5 Å². The van der Waals surface area contributed by atoms with Crippen LogP contribution in [0.15, 0.2) is 99.6 Å². The van der Waals surface area contributed by atoms with E-state index < -0.39 is 10.0 Å². The van der Waals surface area contributed by atoms with Crippen LogP contribution in [0.1, 0.15) is 5.56 Å². The lowest BCUT2D eigenvalue weighted by Crippen LogP contribution is -2.13. The second-order valence-electron chi connectivity index (χ2n) is 6.65. The monoisotopic (exact) mass is 421 g/mol. The van der Waals surface area contributed by atoms with Gasteiger partial charge in [-0.15, -0.1) is 0 Å². The molecule has 0 aliphatic heterocycles. The number of sulfonamides is 1. The molecule has 0 spiro atoms. The second-order valence-corrected chi connectivity index (χ2v) is 9.45. The average molecular weight is 422 g/mol. The topological polar surface area (TPSA) is 66.4 Å². The van der Waals surface area contributed by atoms with Crippen molar-refractivity contribution >= 4 is 38.2 Å². The van der Waals surface area contributed by atoms with Crippen LogP contribution in [-0.2, 0) is 10.0 Å². The van der Waals surface area contributed by atoms with Crippen LogP contribution in [0.25, 0.3) is 10.8 Å². The van der Waals surface area contributed by atoms with Crippen molar-refractivity contribution in [2.24, 2.45) is 0 Å². The van der Waals surface area contributed by atoms with E-state index in [4.69, 9.17) is 0 Å². The van der Waals surface area contributed by atoms with Gasteiger partial charge in [-0.2, -0.15) is 0 Å². The van der Waals surface area contributed by atoms with Gasteiger partial charge in [0.2, 0.25) is 0 Å².